The molecule has 1 aromatic heterocycles. The first-order valence-corrected chi connectivity index (χ1v) is 11.2. The molecule has 0 bridgehead atoms. The number of piperazine rings is 1. The van der Waals surface area contributed by atoms with Gasteiger partial charge in [-0.15, -0.1) is 0 Å². The lowest BCUT2D eigenvalue weighted by atomic mass is 10.1. The zero-order valence-corrected chi connectivity index (χ0v) is 17.9. The fourth-order valence-electron chi connectivity index (χ4n) is 3.77. The molecule has 1 aliphatic heterocycles. The van der Waals surface area contributed by atoms with E-state index in [0.717, 1.165) is 37.1 Å². The van der Waals surface area contributed by atoms with E-state index in [4.69, 9.17) is 4.74 Å². The van der Waals surface area contributed by atoms with Crippen molar-refractivity contribution < 1.29 is 13.2 Å². The molecule has 8 heteroatoms. The van der Waals surface area contributed by atoms with E-state index in [-0.39, 0.29) is 4.90 Å². The van der Waals surface area contributed by atoms with Crippen LogP contribution in [0.15, 0.2) is 53.6 Å². The Kier molecular flexibility index (Phi) is 5.52. The van der Waals surface area contributed by atoms with E-state index < -0.39 is 10.0 Å². The monoisotopic (exact) mass is 424 g/mol. The maximum Gasteiger partial charge on any atom is 0.268 e. The van der Waals surface area contributed by atoms with E-state index in [2.05, 4.69) is 22.9 Å². The van der Waals surface area contributed by atoms with Gasteiger partial charge in [-0.1, -0.05) is 0 Å². The second-order valence-electron chi connectivity index (χ2n) is 7.55. The number of hydrogen-bond donors (Lipinski definition) is 0. The molecule has 4 rings (SSSR count). The molecule has 156 valence electrons. The topological polar surface area (TPSA) is 78.6 Å². The van der Waals surface area contributed by atoms with Crippen molar-refractivity contribution in [3.05, 3.63) is 59.8 Å². The Morgan fingerprint density at radius 1 is 1.07 bits per heavy atom. The first-order chi connectivity index (χ1) is 14.4. The number of likely N-dealkylation sites (N-methyl/N-ethyl adjacent to an activating group) is 1. The first kappa shape index (κ1) is 20.4. The molecule has 1 aliphatic rings. The fraction of sp³-hybridized carbons (Fsp3) is 0.318. The lowest BCUT2D eigenvalue weighted by Crippen LogP contribution is -2.43. The van der Waals surface area contributed by atoms with Crippen LogP contribution in [0.3, 0.4) is 0 Å². The van der Waals surface area contributed by atoms with Crippen LogP contribution in [0.2, 0.25) is 0 Å². The lowest BCUT2D eigenvalue weighted by Gasteiger charge is -2.32. The molecule has 30 heavy (non-hydrogen) atoms. The van der Waals surface area contributed by atoms with Gasteiger partial charge in [0.05, 0.1) is 29.2 Å². The molecule has 2 heterocycles. The lowest BCUT2D eigenvalue weighted by molar-refractivity contribution is 0.148. The predicted octanol–water partition coefficient (Wildman–Crippen LogP) is 2.51. The van der Waals surface area contributed by atoms with Gasteiger partial charge in [-0.3, -0.25) is 4.90 Å². The van der Waals surface area contributed by atoms with Gasteiger partial charge in [-0.05, 0) is 55.1 Å². The second-order valence-corrected chi connectivity index (χ2v) is 9.37. The zero-order valence-electron chi connectivity index (χ0n) is 17.1. The molecule has 1 saturated heterocycles. The summed E-state index contributed by atoms with van der Waals surface area (Å²) in [5.41, 5.74) is 2.00. The summed E-state index contributed by atoms with van der Waals surface area (Å²) < 4.78 is 33.2. The Morgan fingerprint density at radius 2 is 1.77 bits per heavy atom. The van der Waals surface area contributed by atoms with Gasteiger partial charge >= 0.3 is 0 Å². The van der Waals surface area contributed by atoms with Crippen LogP contribution >= 0.6 is 0 Å². The van der Waals surface area contributed by atoms with Crippen LogP contribution in [0.5, 0.6) is 5.75 Å². The van der Waals surface area contributed by atoms with Gasteiger partial charge < -0.3 is 9.64 Å². The smallest absolute Gasteiger partial charge is 0.268 e. The molecule has 3 aromatic rings. The largest absolute Gasteiger partial charge is 0.497 e. The quantitative estimate of drug-likeness (QED) is 0.626. The van der Waals surface area contributed by atoms with Crippen molar-refractivity contribution in [2.75, 3.05) is 40.3 Å². The second kappa shape index (κ2) is 8.11. The van der Waals surface area contributed by atoms with Crippen molar-refractivity contribution >= 4 is 20.9 Å². The number of rotatable bonds is 5. The molecule has 2 aromatic carbocycles. The van der Waals surface area contributed by atoms with Crippen LogP contribution in [0.1, 0.15) is 11.1 Å². The summed E-state index contributed by atoms with van der Waals surface area (Å²) in [6, 6.07) is 13.7. The summed E-state index contributed by atoms with van der Waals surface area (Å²) in [6.45, 7) is 4.45. The summed E-state index contributed by atoms with van der Waals surface area (Å²) in [5.74, 6) is 0.598. The molecule has 0 N–H and O–H groups in total. The summed E-state index contributed by atoms with van der Waals surface area (Å²) in [7, 11) is -0.144. The zero-order chi connectivity index (χ0) is 21.3. The van der Waals surface area contributed by atoms with Gasteiger partial charge in [0.15, 0.2) is 0 Å². The van der Waals surface area contributed by atoms with Crippen LogP contribution in [-0.4, -0.2) is 62.5 Å². The van der Waals surface area contributed by atoms with Gasteiger partial charge in [-0.25, -0.2) is 12.4 Å². The third kappa shape index (κ3) is 3.79. The Hall–Kier alpha value is -2.86. The Balaban J connectivity index is 1.78. The molecule has 0 amide bonds. The van der Waals surface area contributed by atoms with Gasteiger partial charge in [-0.2, -0.15) is 5.26 Å². The minimum Gasteiger partial charge on any atom is -0.497 e. The first-order valence-electron chi connectivity index (χ1n) is 9.77. The minimum absolute atomic E-state index is 0.190. The molecular formula is C22H24N4O3S. The SMILES string of the molecule is COc1ccc(S(=O)(=O)n2cc(CN3CCN(C)CC3)c3cc(C#N)ccc32)cc1. The van der Waals surface area contributed by atoms with Gasteiger partial charge in [0.1, 0.15) is 5.75 Å². The van der Waals surface area contributed by atoms with Crippen LogP contribution in [0, 0.1) is 11.3 Å². The summed E-state index contributed by atoms with van der Waals surface area (Å²) in [6.07, 6.45) is 1.70. The normalized spacial score (nSPS) is 15.9. The standard InChI is InChI=1S/C22H24N4O3S/c1-24-9-11-25(12-10-24)15-18-16-26(22-8-3-17(14-23)13-21(18)22)30(27,28)20-6-4-19(29-2)5-7-20/h3-8,13,16H,9-12,15H2,1-2H3. The van der Waals surface area contributed by atoms with E-state index in [1.165, 1.54) is 3.97 Å². The molecule has 0 spiro atoms. The number of benzene rings is 2. The van der Waals surface area contributed by atoms with Crippen molar-refractivity contribution in [1.29, 1.82) is 5.26 Å². The van der Waals surface area contributed by atoms with Crippen molar-refractivity contribution in [2.45, 2.75) is 11.4 Å². The molecule has 0 atom stereocenters. The highest BCUT2D eigenvalue weighted by Gasteiger charge is 2.23. The molecule has 0 aliphatic carbocycles. The molecule has 7 nitrogen and oxygen atoms in total. The van der Waals surface area contributed by atoms with Crippen molar-refractivity contribution in [3.63, 3.8) is 0 Å². The van der Waals surface area contributed by atoms with E-state index in [0.29, 0.717) is 23.4 Å². The number of ether oxygens (including phenoxy) is 1. The van der Waals surface area contributed by atoms with Gasteiger partial charge in [0.25, 0.3) is 10.0 Å². The number of aromatic nitrogens is 1. The maximum atomic E-state index is 13.4. The van der Waals surface area contributed by atoms with Crippen LogP contribution in [0.4, 0.5) is 0 Å². The number of methoxy groups -OCH3 is 1. The minimum atomic E-state index is -3.79. The maximum absolute atomic E-state index is 13.4. The summed E-state index contributed by atoms with van der Waals surface area (Å²) in [5, 5.41) is 10.1. The highest BCUT2D eigenvalue weighted by molar-refractivity contribution is 7.90. The van der Waals surface area contributed by atoms with E-state index >= 15 is 0 Å². The van der Waals surface area contributed by atoms with Gasteiger partial charge in [0, 0.05) is 44.3 Å². The van der Waals surface area contributed by atoms with Crippen LogP contribution in [-0.2, 0) is 16.6 Å². The van der Waals surface area contributed by atoms with Crippen molar-refractivity contribution in [1.82, 2.24) is 13.8 Å². The number of nitrogens with zero attached hydrogens (tertiary/aromatic N) is 4. The molecule has 0 saturated carbocycles. The number of nitriles is 1. The number of fused-ring (bicyclic) bond motifs is 1. The fourth-order valence-corrected chi connectivity index (χ4v) is 5.16. The van der Waals surface area contributed by atoms with E-state index in [9.17, 15) is 13.7 Å². The van der Waals surface area contributed by atoms with Crippen LogP contribution in [0.25, 0.3) is 10.9 Å². The third-order valence-electron chi connectivity index (χ3n) is 5.59. The Bertz CT molecular complexity index is 1200. The van der Waals surface area contributed by atoms with Crippen molar-refractivity contribution in [3.8, 4) is 11.8 Å². The van der Waals surface area contributed by atoms with Gasteiger partial charge in [0.2, 0.25) is 0 Å². The summed E-state index contributed by atoms with van der Waals surface area (Å²) >= 11 is 0. The van der Waals surface area contributed by atoms with E-state index in [1.807, 2.05) is 0 Å². The highest BCUT2D eigenvalue weighted by atomic mass is 32.2. The predicted molar refractivity (Wildman–Crippen MR) is 115 cm³/mol. The molecule has 0 radical (unpaired) electrons. The number of hydrogen-bond acceptors (Lipinski definition) is 6. The van der Waals surface area contributed by atoms with E-state index in [1.54, 1.807) is 55.8 Å². The Labute approximate surface area is 176 Å². The molecular weight excluding hydrogens is 400 g/mol. The van der Waals surface area contributed by atoms with Crippen LogP contribution < -0.4 is 4.74 Å². The molecule has 0 unspecified atom stereocenters. The highest BCUT2D eigenvalue weighted by Crippen LogP contribution is 2.29. The molecule has 1 fully saturated rings. The average molecular weight is 425 g/mol. The van der Waals surface area contributed by atoms with Crippen molar-refractivity contribution in [2.24, 2.45) is 0 Å². The average Bonchev–Trinajstić information content (AvgIpc) is 3.13. The Morgan fingerprint density at radius 3 is 2.40 bits per heavy atom. The summed E-state index contributed by atoms with van der Waals surface area (Å²) in [4.78, 5) is 4.79. The third-order valence-corrected chi connectivity index (χ3v) is 7.28.